The van der Waals surface area contributed by atoms with Crippen molar-refractivity contribution in [2.45, 2.75) is 97.2 Å². The number of nitrogens with one attached hydrogen (secondary N) is 6. The molecule has 3 aromatic carbocycles. The Morgan fingerprint density at radius 2 is 1.41 bits per heavy atom. The normalized spacial score (nSPS) is 11.9. The number of carbonyl (C=O) groups excluding carboxylic acids is 8. The van der Waals surface area contributed by atoms with Gasteiger partial charge in [0, 0.05) is 57.2 Å². The number of esters is 3. The highest BCUT2D eigenvalue weighted by molar-refractivity contribution is 5.96. The van der Waals surface area contributed by atoms with Gasteiger partial charge in [0.25, 0.3) is 5.91 Å². The predicted octanol–water partition coefficient (Wildman–Crippen LogP) is 3.25. The van der Waals surface area contributed by atoms with Crippen molar-refractivity contribution in [2.24, 2.45) is 0 Å². The van der Waals surface area contributed by atoms with Gasteiger partial charge in [-0.15, -0.1) is 0 Å². The summed E-state index contributed by atoms with van der Waals surface area (Å²) in [6, 6.07) is 17.3. The Morgan fingerprint density at radius 1 is 0.716 bits per heavy atom. The van der Waals surface area contributed by atoms with Crippen molar-refractivity contribution in [3.05, 3.63) is 112 Å². The number of rotatable bonds is 41. The molecular weight excluding hydrogens is 1140 g/mol. The van der Waals surface area contributed by atoms with Crippen LogP contribution in [0.2, 0.25) is 1.41 Å². The highest BCUT2D eigenvalue weighted by Gasteiger charge is 2.29. The molecule has 0 saturated carbocycles. The van der Waals surface area contributed by atoms with Gasteiger partial charge in [-0.3, -0.25) is 38.1 Å². The molecule has 0 spiro atoms. The number of aromatic amines is 1. The van der Waals surface area contributed by atoms with Gasteiger partial charge < -0.3 is 75.2 Å². The third kappa shape index (κ3) is 25.0. The second kappa shape index (κ2) is 38.8. The topological polar surface area (TPSA) is 360 Å². The lowest BCUT2D eigenvalue weighted by Crippen LogP contribution is -2.54. The van der Waals surface area contributed by atoms with E-state index in [2.05, 4.69) is 36.2 Å². The number of fused-ring (bicyclic) bond motifs is 1. The maximum Gasteiger partial charge on any atom is 0.328 e. The van der Waals surface area contributed by atoms with Crippen LogP contribution < -0.4 is 52.2 Å². The van der Waals surface area contributed by atoms with Crippen LogP contribution in [0, 0.1) is 0 Å². The van der Waals surface area contributed by atoms with Crippen molar-refractivity contribution in [3.63, 3.8) is 0 Å². The van der Waals surface area contributed by atoms with Crippen molar-refractivity contribution in [3.8, 4) is 17.5 Å². The Morgan fingerprint density at radius 3 is 2.09 bits per heavy atom. The van der Waals surface area contributed by atoms with E-state index in [1.807, 2.05) is 6.92 Å². The molecule has 476 valence electrons. The number of nitrogen functional groups attached to an aromatic ring is 1. The number of carbonyl (C=O) groups is 8. The molecule has 27 heteroatoms. The van der Waals surface area contributed by atoms with Crippen LogP contribution in [0.15, 0.2) is 83.7 Å². The Labute approximate surface area is 510 Å². The molecule has 5 rings (SSSR count). The Hall–Kier alpha value is -9.21. The molecule has 8 N–H and O–H groups in total. The molecule has 2 atom stereocenters. The number of nitrogens with two attached hydrogens (primary N) is 1. The van der Waals surface area contributed by atoms with Gasteiger partial charge in [-0.1, -0.05) is 61.9 Å². The lowest BCUT2D eigenvalue weighted by Gasteiger charge is -2.22. The van der Waals surface area contributed by atoms with Crippen LogP contribution in [0.25, 0.3) is 17.2 Å². The van der Waals surface area contributed by atoms with Gasteiger partial charge in [-0.05, 0) is 86.6 Å². The maximum atomic E-state index is 13.6. The highest BCUT2D eigenvalue weighted by Crippen LogP contribution is 2.29. The van der Waals surface area contributed by atoms with Crippen molar-refractivity contribution >= 4 is 70.5 Å². The second-order valence-corrected chi connectivity index (χ2v) is 19.5. The number of nitrogens with zero attached hydrogens (tertiary/aromatic N) is 3. The van der Waals surface area contributed by atoms with E-state index < -0.39 is 59.9 Å². The summed E-state index contributed by atoms with van der Waals surface area (Å²) in [5, 5.41) is 10.9. The highest BCUT2D eigenvalue weighted by atomic mass is 16.6. The van der Waals surface area contributed by atoms with Gasteiger partial charge in [0.05, 0.1) is 72.9 Å². The zero-order chi connectivity index (χ0) is 64.3. The zero-order valence-electron chi connectivity index (χ0n) is 51.1. The fourth-order valence-corrected chi connectivity index (χ4v) is 8.17. The van der Waals surface area contributed by atoms with E-state index in [-0.39, 0.29) is 87.0 Å². The van der Waals surface area contributed by atoms with E-state index >= 15 is 0 Å². The molecular formula is C61H80N10O17. The van der Waals surface area contributed by atoms with Crippen molar-refractivity contribution in [1.29, 1.82) is 0 Å². The minimum absolute atomic E-state index is 0.000801. The van der Waals surface area contributed by atoms with Gasteiger partial charge in [-0.25, -0.2) is 9.59 Å². The number of unbranched alkanes of at least 4 members (excludes halogenated alkanes) is 1. The van der Waals surface area contributed by atoms with E-state index in [9.17, 15) is 43.2 Å². The molecule has 0 bridgehead atoms. The number of hydrogen-bond donors (Lipinski definition) is 7. The molecule has 0 fully saturated rings. The number of hydrogen-bond acceptors (Lipinski definition) is 20. The lowest BCUT2D eigenvalue weighted by molar-refractivity contribution is -0.149. The summed E-state index contributed by atoms with van der Waals surface area (Å²) in [7, 11) is 1.35. The number of anilines is 1. The summed E-state index contributed by atoms with van der Waals surface area (Å²) in [6.07, 6.45) is 4.59. The standard InChI is InChI=1S/C61H80N10O17/c1-5-8-32-87-60-69-55(62)54-56(70-60)71(61(80)68-54)40-43-16-20-44(21-17-43)57(77)64-29-13-31-83-34-36-84-35-33-82-30-12-28-63-49(72)25-27-53(76)88-47-23-18-42(38-48(47)81-4)19-24-50(73)65-39-51(74)66-46(37-41-14-10-9-11-15-41)58(78)67-45(59(79)86-7-3)22-26-52(75)85-6-2/h9-11,14-21,23-24,38,45-46H,5-8,12-13,22,25-37,39-40H2,1-4H3,(H,63,72)(H,64,77)(H,65,73)(H,66,74)(H,67,78)(H,68,80)(H2,62,69,70)/b24-19+/t45-,46-/m0/s1/i/hD. The number of ether oxygens (including phenoxy) is 8. The summed E-state index contributed by atoms with van der Waals surface area (Å²) < 4.78 is 53.2. The number of imidazole rings is 1. The van der Waals surface area contributed by atoms with E-state index in [4.69, 9.17) is 45.0 Å². The van der Waals surface area contributed by atoms with E-state index in [0.717, 1.165) is 24.5 Å². The van der Waals surface area contributed by atoms with Gasteiger partial charge in [0.15, 0.2) is 24.4 Å². The summed E-state index contributed by atoms with van der Waals surface area (Å²) >= 11 is 0. The Kier molecular flexibility index (Phi) is 29.9. The first-order valence-electron chi connectivity index (χ1n) is 29.6. The monoisotopic (exact) mass is 1230 g/mol. The minimum Gasteiger partial charge on any atom is -0.493 e. The molecule has 0 radical (unpaired) electrons. The zero-order valence-corrected chi connectivity index (χ0v) is 50.1. The molecule has 2 heterocycles. The van der Waals surface area contributed by atoms with Gasteiger partial charge in [0.2, 0.25) is 23.6 Å². The first kappa shape index (κ1) is 67.9. The number of H-pyrrole nitrogens is 1. The molecule has 5 amide bonds. The molecule has 0 aliphatic carbocycles. The third-order valence-corrected chi connectivity index (χ3v) is 12.7. The minimum atomic E-state index is -1.45. The Balaban J connectivity index is 0.897. The fourth-order valence-electron chi connectivity index (χ4n) is 8.17. The first-order valence-corrected chi connectivity index (χ1v) is 29.1. The average molecular weight is 1230 g/mol. The van der Waals surface area contributed by atoms with Crippen molar-refractivity contribution < 1.29 is 77.7 Å². The van der Waals surface area contributed by atoms with Crippen LogP contribution >= 0.6 is 0 Å². The van der Waals surface area contributed by atoms with Gasteiger partial charge >= 0.3 is 29.6 Å². The third-order valence-electron chi connectivity index (χ3n) is 12.7. The predicted molar refractivity (Wildman–Crippen MR) is 322 cm³/mol. The summed E-state index contributed by atoms with van der Waals surface area (Å²) in [4.78, 5) is 126. The molecule has 2 aromatic heterocycles. The lowest BCUT2D eigenvalue weighted by atomic mass is 10.0. The maximum absolute atomic E-state index is 13.6. The smallest absolute Gasteiger partial charge is 0.328 e. The second-order valence-electron chi connectivity index (χ2n) is 19.5. The summed E-state index contributed by atoms with van der Waals surface area (Å²) in [5.41, 5.74) is 8.62. The van der Waals surface area contributed by atoms with Gasteiger partial charge in [-0.2, -0.15) is 9.97 Å². The summed E-state index contributed by atoms with van der Waals surface area (Å²) in [5.74, 6) is -4.85. The molecule has 27 nitrogen and oxygen atoms in total. The SMILES string of the molecule is [2H]N(C(=O)CNC(=O)/C=C/c1ccc(OC(=O)CCC(=O)NCCCOCCOCCOCCCNC(=O)c2ccc(Cn3c(=O)[nH]c4c(N)nc(OCCCC)nc43)cc2)c(OC)c1)[C@@H](Cc1ccccc1)C(=O)N[C@@H](CCC(=O)OCC)C(=O)OCC. The van der Waals surface area contributed by atoms with Crippen molar-refractivity contribution in [2.75, 3.05) is 91.9 Å². The van der Waals surface area contributed by atoms with Crippen LogP contribution in [-0.2, 0) is 70.2 Å². The number of aromatic nitrogens is 4. The van der Waals surface area contributed by atoms with Crippen LogP contribution in [0.5, 0.6) is 17.5 Å². The van der Waals surface area contributed by atoms with E-state index in [1.165, 1.54) is 36.0 Å². The van der Waals surface area contributed by atoms with Crippen LogP contribution in [0.3, 0.4) is 0 Å². The van der Waals surface area contributed by atoms with Crippen molar-refractivity contribution in [1.82, 2.24) is 46.1 Å². The average Bonchev–Trinajstić information content (AvgIpc) is 1.72. The molecule has 88 heavy (non-hydrogen) atoms. The molecule has 0 aliphatic rings. The van der Waals surface area contributed by atoms with Crippen LogP contribution in [-0.4, -0.2) is 165 Å². The van der Waals surface area contributed by atoms with Gasteiger partial charge in [0.1, 0.15) is 17.6 Å². The van der Waals surface area contributed by atoms with E-state index in [0.29, 0.717) is 105 Å². The molecule has 0 saturated heterocycles. The summed E-state index contributed by atoms with van der Waals surface area (Å²) in [6.45, 7) is 8.24. The van der Waals surface area contributed by atoms with Crippen LogP contribution in [0.1, 0.15) is 99.2 Å². The Bertz CT molecular complexity index is 3200. The first-order chi connectivity index (χ1) is 43.0. The molecule has 0 aliphatic heterocycles. The largest absolute Gasteiger partial charge is 0.493 e. The number of amides is 5. The van der Waals surface area contributed by atoms with E-state index in [1.54, 1.807) is 68.4 Å². The molecule has 5 aromatic rings. The quantitative estimate of drug-likeness (QED) is 0.0128. The number of benzene rings is 3. The fraction of sp³-hybridized carbons (Fsp3) is 0.459. The number of methoxy groups -OCH3 is 1. The van der Waals surface area contributed by atoms with Crippen LogP contribution in [0.4, 0.5) is 5.82 Å². The molecule has 0 unspecified atom stereocenters.